The molecule has 1 aromatic carbocycles. The lowest BCUT2D eigenvalue weighted by Gasteiger charge is -2.13. The van der Waals surface area contributed by atoms with Crippen LogP contribution in [0.1, 0.15) is 41.4 Å². The summed E-state index contributed by atoms with van der Waals surface area (Å²) in [6.07, 6.45) is 1.46. The van der Waals surface area contributed by atoms with Crippen molar-refractivity contribution in [3.63, 3.8) is 0 Å². The fourth-order valence-electron chi connectivity index (χ4n) is 1.94. The standard InChI is InChI=1S/C16H15N3O/c1-11(2)14-5-3-4-6-15(14)19-16(20)12-7-8-18-13(9-12)10-17/h3-9,11H,1-2H3,(H,19,20). The van der Waals surface area contributed by atoms with Gasteiger partial charge in [-0.3, -0.25) is 4.79 Å². The molecular formula is C16H15N3O. The van der Waals surface area contributed by atoms with Crippen molar-refractivity contribution in [2.24, 2.45) is 0 Å². The number of nitrogens with one attached hydrogen (secondary N) is 1. The van der Waals surface area contributed by atoms with Crippen LogP contribution in [0.15, 0.2) is 42.6 Å². The van der Waals surface area contributed by atoms with E-state index in [9.17, 15) is 4.79 Å². The summed E-state index contributed by atoms with van der Waals surface area (Å²) in [4.78, 5) is 16.1. The van der Waals surface area contributed by atoms with Crippen LogP contribution in [0.5, 0.6) is 0 Å². The normalized spacial score (nSPS) is 10.1. The Bertz CT molecular complexity index is 671. The van der Waals surface area contributed by atoms with Gasteiger partial charge in [0.05, 0.1) is 0 Å². The van der Waals surface area contributed by atoms with Gasteiger partial charge in [-0.05, 0) is 29.7 Å². The van der Waals surface area contributed by atoms with Crippen molar-refractivity contribution in [3.05, 3.63) is 59.4 Å². The van der Waals surface area contributed by atoms with Crippen molar-refractivity contribution in [2.45, 2.75) is 19.8 Å². The molecule has 0 aliphatic carbocycles. The zero-order valence-corrected chi connectivity index (χ0v) is 11.4. The number of nitrogens with zero attached hydrogens (tertiary/aromatic N) is 2. The third-order valence-electron chi connectivity index (χ3n) is 2.97. The van der Waals surface area contributed by atoms with E-state index >= 15 is 0 Å². The molecule has 0 saturated carbocycles. The minimum absolute atomic E-state index is 0.231. The zero-order valence-electron chi connectivity index (χ0n) is 11.4. The second-order valence-electron chi connectivity index (χ2n) is 4.74. The average molecular weight is 265 g/mol. The van der Waals surface area contributed by atoms with Crippen LogP contribution in [0, 0.1) is 11.3 Å². The highest BCUT2D eigenvalue weighted by Gasteiger charge is 2.11. The molecule has 0 atom stereocenters. The van der Waals surface area contributed by atoms with E-state index in [0.717, 1.165) is 11.3 Å². The maximum atomic E-state index is 12.2. The number of aromatic nitrogens is 1. The van der Waals surface area contributed by atoms with Crippen molar-refractivity contribution >= 4 is 11.6 Å². The molecule has 2 rings (SSSR count). The number of benzene rings is 1. The Hall–Kier alpha value is -2.67. The summed E-state index contributed by atoms with van der Waals surface area (Å²) in [5.74, 6) is 0.0793. The fraction of sp³-hybridized carbons (Fsp3) is 0.188. The molecule has 100 valence electrons. The first-order valence-corrected chi connectivity index (χ1v) is 6.38. The van der Waals surface area contributed by atoms with Crippen molar-refractivity contribution in [2.75, 3.05) is 5.32 Å². The Morgan fingerprint density at radius 2 is 2.05 bits per heavy atom. The highest BCUT2D eigenvalue weighted by atomic mass is 16.1. The molecule has 0 aliphatic heterocycles. The van der Waals surface area contributed by atoms with Crippen molar-refractivity contribution in [1.82, 2.24) is 4.98 Å². The van der Waals surface area contributed by atoms with Gasteiger partial charge in [-0.2, -0.15) is 5.26 Å². The fourth-order valence-corrected chi connectivity index (χ4v) is 1.94. The molecular weight excluding hydrogens is 250 g/mol. The molecule has 1 amide bonds. The Labute approximate surface area is 118 Å². The maximum absolute atomic E-state index is 12.2. The number of nitriles is 1. The third kappa shape index (κ3) is 3.01. The van der Waals surface area contributed by atoms with Gasteiger partial charge in [-0.1, -0.05) is 32.0 Å². The number of carbonyl (C=O) groups excluding carboxylic acids is 1. The first kappa shape index (κ1) is 13.8. The SMILES string of the molecule is CC(C)c1ccccc1NC(=O)c1ccnc(C#N)c1. The molecule has 0 aliphatic rings. The maximum Gasteiger partial charge on any atom is 0.255 e. The van der Waals surface area contributed by atoms with Gasteiger partial charge in [-0.25, -0.2) is 4.98 Å². The zero-order chi connectivity index (χ0) is 14.5. The number of carbonyl (C=O) groups is 1. The van der Waals surface area contributed by atoms with Gasteiger partial charge >= 0.3 is 0 Å². The molecule has 0 radical (unpaired) electrons. The van der Waals surface area contributed by atoms with Gasteiger partial charge in [0.2, 0.25) is 0 Å². The highest BCUT2D eigenvalue weighted by Crippen LogP contribution is 2.24. The largest absolute Gasteiger partial charge is 0.322 e. The summed E-state index contributed by atoms with van der Waals surface area (Å²) in [6.45, 7) is 4.15. The summed E-state index contributed by atoms with van der Waals surface area (Å²) in [6, 6.07) is 12.7. The summed E-state index contributed by atoms with van der Waals surface area (Å²) in [5.41, 5.74) is 2.53. The molecule has 0 unspecified atom stereocenters. The van der Waals surface area contributed by atoms with E-state index in [-0.39, 0.29) is 11.6 Å². The van der Waals surface area contributed by atoms with Crippen LogP contribution in [0.3, 0.4) is 0 Å². The van der Waals surface area contributed by atoms with Crippen LogP contribution in [0.25, 0.3) is 0 Å². The summed E-state index contributed by atoms with van der Waals surface area (Å²) >= 11 is 0. The topological polar surface area (TPSA) is 65.8 Å². The number of rotatable bonds is 3. The minimum atomic E-state index is -0.239. The van der Waals surface area contributed by atoms with Crippen LogP contribution in [-0.2, 0) is 0 Å². The van der Waals surface area contributed by atoms with Gasteiger partial charge in [0, 0.05) is 17.4 Å². The molecule has 20 heavy (non-hydrogen) atoms. The van der Waals surface area contributed by atoms with Crippen molar-refractivity contribution < 1.29 is 4.79 Å². The van der Waals surface area contributed by atoms with E-state index < -0.39 is 0 Å². The number of hydrogen-bond acceptors (Lipinski definition) is 3. The number of hydrogen-bond donors (Lipinski definition) is 1. The van der Waals surface area contributed by atoms with Crippen LogP contribution in [-0.4, -0.2) is 10.9 Å². The second-order valence-corrected chi connectivity index (χ2v) is 4.74. The van der Waals surface area contributed by atoms with Crippen LogP contribution >= 0.6 is 0 Å². The van der Waals surface area contributed by atoms with Gasteiger partial charge < -0.3 is 5.32 Å². The van der Waals surface area contributed by atoms with Gasteiger partial charge in [0.25, 0.3) is 5.91 Å². The highest BCUT2D eigenvalue weighted by molar-refractivity contribution is 6.04. The smallest absolute Gasteiger partial charge is 0.255 e. The first-order valence-electron chi connectivity index (χ1n) is 6.38. The number of amides is 1. The van der Waals surface area contributed by atoms with Gasteiger partial charge in [-0.15, -0.1) is 0 Å². The van der Waals surface area contributed by atoms with E-state index in [1.807, 2.05) is 30.3 Å². The van der Waals surface area contributed by atoms with Crippen LogP contribution in [0.2, 0.25) is 0 Å². The second kappa shape index (κ2) is 5.98. The van der Waals surface area contributed by atoms with E-state index in [0.29, 0.717) is 11.5 Å². The molecule has 0 fully saturated rings. The molecule has 4 nitrogen and oxygen atoms in total. The predicted molar refractivity (Wildman–Crippen MR) is 77.4 cm³/mol. The molecule has 0 bridgehead atoms. The molecule has 1 N–H and O–H groups in total. The summed E-state index contributed by atoms with van der Waals surface area (Å²) < 4.78 is 0. The Morgan fingerprint density at radius 3 is 2.75 bits per heavy atom. The molecule has 0 spiro atoms. The number of pyridine rings is 1. The van der Waals surface area contributed by atoms with Crippen LogP contribution < -0.4 is 5.32 Å². The number of anilines is 1. The first-order chi connectivity index (χ1) is 9.61. The molecule has 1 aromatic heterocycles. The average Bonchev–Trinajstić information content (AvgIpc) is 2.47. The van der Waals surface area contributed by atoms with Crippen molar-refractivity contribution in [1.29, 1.82) is 5.26 Å². The lowest BCUT2D eigenvalue weighted by Crippen LogP contribution is -2.14. The van der Waals surface area contributed by atoms with E-state index in [1.165, 1.54) is 12.3 Å². The molecule has 0 saturated heterocycles. The summed E-state index contributed by atoms with van der Waals surface area (Å²) in [7, 11) is 0. The van der Waals surface area contributed by atoms with Crippen LogP contribution in [0.4, 0.5) is 5.69 Å². The quantitative estimate of drug-likeness (QED) is 0.925. The van der Waals surface area contributed by atoms with Gasteiger partial charge in [0.15, 0.2) is 0 Å². The van der Waals surface area contributed by atoms with Crippen molar-refractivity contribution in [3.8, 4) is 6.07 Å². The van der Waals surface area contributed by atoms with E-state index in [1.54, 1.807) is 6.07 Å². The van der Waals surface area contributed by atoms with E-state index in [2.05, 4.69) is 24.1 Å². The summed E-state index contributed by atoms with van der Waals surface area (Å²) in [5, 5.41) is 11.7. The Morgan fingerprint density at radius 1 is 1.30 bits per heavy atom. The minimum Gasteiger partial charge on any atom is -0.322 e. The Balaban J connectivity index is 2.26. The molecule has 4 heteroatoms. The van der Waals surface area contributed by atoms with E-state index in [4.69, 9.17) is 5.26 Å². The lowest BCUT2D eigenvalue weighted by atomic mass is 10.0. The Kier molecular flexibility index (Phi) is 4.11. The monoisotopic (exact) mass is 265 g/mol. The third-order valence-corrected chi connectivity index (χ3v) is 2.97. The molecule has 1 heterocycles. The lowest BCUT2D eigenvalue weighted by molar-refractivity contribution is 0.102. The molecule has 2 aromatic rings. The van der Waals surface area contributed by atoms with Gasteiger partial charge in [0.1, 0.15) is 11.8 Å². The predicted octanol–water partition coefficient (Wildman–Crippen LogP) is 3.33. The number of para-hydroxylation sites is 1.